The summed E-state index contributed by atoms with van der Waals surface area (Å²) < 4.78 is 0. The molecule has 94 valence electrons. The summed E-state index contributed by atoms with van der Waals surface area (Å²) in [7, 11) is 0. The Balaban J connectivity index is 2.26. The number of hydrogen-bond acceptors (Lipinski definition) is 2. The molecule has 1 aromatic heterocycles. The molecule has 19 heavy (non-hydrogen) atoms. The SMILES string of the molecule is Cc1ccc(-c2ncc3c(N)cccc3c2C)cc1. The molecule has 0 aliphatic heterocycles. The molecule has 2 heteroatoms. The Morgan fingerprint density at radius 1 is 0.895 bits per heavy atom. The van der Waals surface area contributed by atoms with Gasteiger partial charge in [0, 0.05) is 22.8 Å². The van der Waals surface area contributed by atoms with Crippen LogP contribution in [0, 0.1) is 13.8 Å². The van der Waals surface area contributed by atoms with Crippen LogP contribution in [-0.2, 0) is 0 Å². The first kappa shape index (κ1) is 11.7. The Morgan fingerprint density at radius 2 is 1.63 bits per heavy atom. The van der Waals surface area contributed by atoms with Crippen LogP contribution in [0.3, 0.4) is 0 Å². The van der Waals surface area contributed by atoms with Crippen LogP contribution in [-0.4, -0.2) is 4.98 Å². The topological polar surface area (TPSA) is 38.9 Å². The first-order valence-corrected chi connectivity index (χ1v) is 6.37. The first-order valence-electron chi connectivity index (χ1n) is 6.37. The molecule has 0 aliphatic rings. The van der Waals surface area contributed by atoms with Crippen LogP contribution in [0.2, 0.25) is 0 Å². The van der Waals surface area contributed by atoms with E-state index in [1.54, 1.807) is 0 Å². The van der Waals surface area contributed by atoms with E-state index in [9.17, 15) is 0 Å². The second-order valence-electron chi connectivity index (χ2n) is 4.91. The normalized spacial score (nSPS) is 10.8. The number of pyridine rings is 1. The molecular weight excluding hydrogens is 232 g/mol. The van der Waals surface area contributed by atoms with E-state index >= 15 is 0 Å². The molecule has 0 amide bonds. The Labute approximate surface area is 112 Å². The van der Waals surface area contributed by atoms with Gasteiger partial charge in [0.15, 0.2) is 0 Å². The number of fused-ring (bicyclic) bond motifs is 1. The Bertz CT molecular complexity index is 743. The lowest BCUT2D eigenvalue weighted by molar-refractivity contribution is 1.30. The van der Waals surface area contributed by atoms with Crippen molar-refractivity contribution in [2.24, 2.45) is 0 Å². The smallest absolute Gasteiger partial charge is 0.0737 e. The van der Waals surface area contributed by atoms with E-state index in [0.717, 1.165) is 22.3 Å². The molecule has 0 saturated heterocycles. The van der Waals surface area contributed by atoms with Crippen molar-refractivity contribution in [3.63, 3.8) is 0 Å². The van der Waals surface area contributed by atoms with Crippen LogP contribution in [0.4, 0.5) is 5.69 Å². The minimum Gasteiger partial charge on any atom is -0.398 e. The number of aryl methyl sites for hydroxylation is 2. The van der Waals surface area contributed by atoms with Crippen LogP contribution in [0.25, 0.3) is 22.0 Å². The third kappa shape index (κ3) is 1.95. The molecule has 2 N–H and O–H groups in total. The predicted molar refractivity (Wildman–Crippen MR) is 81.1 cm³/mol. The van der Waals surface area contributed by atoms with Gasteiger partial charge in [-0.15, -0.1) is 0 Å². The van der Waals surface area contributed by atoms with Gasteiger partial charge in [-0.05, 0) is 30.9 Å². The van der Waals surface area contributed by atoms with Gasteiger partial charge in [0.2, 0.25) is 0 Å². The molecule has 3 rings (SSSR count). The average molecular weight is 248 g/mol. The van der Waals surface area contributed by atoms with E-state index in [1.165, 1.54) is 16.5 Å². The van der Waals surface area contributed by atoms with Crippen molar-refractivity contribution in [2.75, 3.05) is 5.73 Å². The summed E-state index contributed by atoms with van der Waals surface area (Å²) in [5, 5.41) is 2.20. The van der Waals surface area contributed by atoms with E-state index in [1.807, 2.05) is 18.3 Å². The maximum Gasteiger partial charge on any atom is 0.0737 e. The Morgan fingerprint density at radius 3 is 2.37 bits per heavy atom. The van der Waals surface area contributed by atoms with Gasteiger partial charge in [0.1, 0.15) is 0 Å². The van der Waals surface area contributed by atoms with Crippen molar-refractivity contribution < 1.29 is 0 Å². The maximum absolute atomic E-state index is 5.99. The van der Waals surface area contributed by atoms with Gasteiger partial charge < -0.3 is 5.73 Å². The summed E-state index contributed by atoms with van der Waals surface area (Å²) in [6, 6.07) is 14.4. The van der Waals surface area contributed by atoms with Gasteiger partial charge in [0.05, 0.1) is 5.69 Å². The highest BCUT2D eigenvalue weighted by atomic mass is 14.7. The van der Waals surface area contributed by atoms with Crippen molar-refractivity contribution >= 4 is 16.5 Å². The molecule has 0 spiro atoms. The fourth-order valence-electron chi connectivity index (χ4n) is 2.41. The van der Waals surface area contributed by atoms with Gasteiger partial charge in [-0.1, -0.05) is 42.0 Å². The van der Waals surface area contributed by atoms with E-state index < -0.39 is 0 Å². The average Bonchev–Trinajstić information content (AvgIpc) is 2.42. The Kier molecular flexibility index (Phi) is 2.71. The number of aromatic nitrogens is 1. The van der Waals surface area contributed by atoms with Crippen molar-refractivity contribution in [1.29, 1.82) is 0 Å². The zero-order valence-corrected chi connectivity index (χ0v) is 11.1. The largest absolute Gasteiger partial charge is 0.398 e. The molecule has 0 atom stereocenters. The lowest BCUT2D eigenvalue weighted by Gasteiger charge is -2.10. The van der Waals surface area contributed by atoms with Crippen LogP contribution < -0.4 is 5.73 Å². The highest BCUT2D eigenvalue weighted by Gasteiger charge is 2.08. The van der Waals surface area contributed by atoms with Crippen LogP contribution >= 0.6 is 0 Å². The quantitative estimate of drug-likeness (QED) is 0.658. The second kappa shape index (κ2) is 4.39. The fraction of sp³-hybridized carbons (Fsp3) is 0.118. The second-order valence-corrected chi connectivity index (χ2v) is 4.91. The summed E-state index contributed by atoms with van der Waals surface area (Å²) >= 11 is 0. The zero-order valence-electron chi connectivity index (χ0n) is 11.1. The molecule has 2 nitrogen and oxygen atoms in total. The maximum atomic E-state index is 5.99. The number of nitrogens with zero attached hydrogens (tertiary/aromatic N) is 1. The van der Waals surface area contributed by atoms with Gasteiger partial charge in [-0.2, -0.15) is 0 Å². The third-order valence-corrected chi connectivity index (χ3v) is 3.55. The zero-order chi connectivity index (χ0) is 13.4. The minimum absolute atomic E-state index is 0.781. The van der Waals surface area contributed by atoms with Crippen LogP contribution in [0.1, 0.15) is 11.1 Å². The van der Waals surface area contributed by atoms with Crippen molar-refractivity contribution in [3.05, 3.63) is 59.8 Å². The molecule has 0 aliphatic carbocycles. The van der Waals surface area contributed by atoms with Crippen LogP contribution in [0.15, 0.2) is 48.7 Å². The third-order valence-electron chi connectivity index (χ3n) is 3.55. The lowest BCUT2D eigenvalue weighted by Crippen LogP contribution is -1.93. The summed E-state index contributed by atoms with van der Waals surface area (Å²) in [6.45, 7) is 4.19. The molecular formula is C17H16N2. The van der Waals surface area contributed by atoms with Crippen molar-refractivity contribution in [1.82, 2.24) is 4.98 Å². The molecule has 0 fully saturated rings. The van der Waals surface area contributed by atoms with E-state index in [0.29, 0.717) is 0 Å². The van der Waals surface area contributed by atoms with Crippen molar-refractivity contribution in [3.8, 4) is 11.3 Å². The van der Waals surface area contributed by atoms with E-state index in [4.69, 9.17) is 5.73 Å². The number of benzene rings is 2. The number of nitrogen functional groups attached to an aromatic ring is 1. The highest BCUT2D eigenvalue weighted by Crippen LogP contribution is 2.29. The van der Waals surface area contributed by atoms with Gasteiger partial charge >= 0.3 is 0 Å². The Hall–Kier alpha value is -2.35. The highest BCUT2D eigenvalue weighted by molar-refractivity contribution is 5.96. The number of anilines is 1. The molecule has 3 aromatic rings. The fourth-order valence-corrected chi connectivity index (χ4v) is 2.41. The van der Waals surface area contributed by atoms with Gasteiger partial charge in [0.25, 0.3) is 0 Å². The summed E-state index contributed by atoms with van der Waals surface area (Å²) in [6.07, 6.45) is 1.87. The van der Waals surface area contributed by atoms with Gasteiger partial charge in [-0.3, -0.25) is 4.98 Å². The van der Waals surface area contributed by atoms with Crippen molar-refractivity contribution in [2.45, 2.75) is 13.8 Å². The van der Waals surface area contributed by atoms with E-state index in [2.05, 4.69) is 49.2 Å². The standard InChI is InChI=1S/C17H16N2/c1-11-6-8-13(9-7-11)17-12(2)14-4-3-5-16(18)15(14)10-19-17/h3-10H,18H2,1-2H3. The minimum atomic E-state index is 0.781. The molecule has 0 unspecified atom stereocenters. The van der Waals surface area contributed by atoms with Gasteiger partial charge in [-0.25, -0.2) is 0 Å². The summed E-state index contributed by atoms with van der Waals surface area (Å²) in [4.78, 5) is 4.59. The molecule has 0 bridgehead atoms. The molecule has 0 saturated carbocycles. The molecule has 1 heterocycles. The number of hydrogen-bond donors (Lipinski definition) is 1. The molecule has 2 aromatic carbocycles. The van der Waals surface area contributed by atoms with Crippen LogP contribution in [0.5, 0.6) is 0 Å². The number of rotatable bonds is 1. The van der Waals surface area contributed by atoms with E-state index in [-0.39, 0.29) is 0 Å². The molecule has 0 radical (unpaired) electrons. The first-order chi connectivity index (χ1) is 9.16. The predicted octanol–water partition coefficient (Wildman–Crippen LogP) is 4.10. The summed E-state index contributed by atoms with van der Waals surface area (Å²) in [5.74, 6) is 0. The number of nitrogens with two attached hydrogens (primary N) is 1. The monoisotopic (exact) mass is 248 g/mol. The lowest BCUT2D eigenvalue weighted by atomic mass is 10.00. The summed E-state index contributed by atoms with van der Waals surface area (Å²) in [5.41, 5.74) is 11.4.